The topological polar surface area (TPSA) is 66.4 Å². The lowest BCUT2D eigenvalue weighted by Gasteiger charge is -2.15. The molecule has 0 aliphatic rings. The molecular weight excluding hydrogens is 407 g/mol. The summed E-state index contributed by atoms with van der Waals surface area (Å²) in [6.07, 6.45) is -4.46. The van der Waals surface area contributed by atoms with Gasteiger partial charge in [-0.1, -0.05) is 24.3 Å². The van der Waals surface area contributed by atoms with Crippen molar-refractivity contribution in [1.82, 2.24) is 0 Å². The van der Waals surface area contributed by atoms with Crippen LogP contribution in [-0.2, 0) is 6.18 Å². The molecule has 0 aliphatic carbocycles. The summed E-state index contributed by atoms with van der Waals surface area (Å²) >= 11 is 0. The Morgan fingerprint density at radius 1 is 0.839 bits per heavy atom. The van der Waals surface area contributed by atoms with E-state index in [9.17, 15) is 27.9 Å². The van der Waals surface area contributed by atoms with Gasteiger partial charge in [-0.2, -0.15) is 13.2 Å². The number of rotatable bonds is 4. The number of benzene rings is 3. The fourth-order valence-corrected chi connectivity index (χ4v) is 3.39. The van der Waals surface area contributed by atoms with Gasteiger partial charge in [0.25, 0.3) is 5.91 Å². The Balaban J connectivity index is 1.96. The maximum Gasteiger partial charge on any atom is 0.416 e. The van der Waals surface area contributed by atoms with E-state index in [1.165, 1.54) is 18.2 Å². The summed E-state index contributed by atoms with van der Waals surface area (Å²) in [4.78, 5) is 24.2. The summed E-state index contributed by atoms with van der Waals surface area (Å²) in [6, 6.07) is 12.8. The van der Waals surface area contributed by atoms with Gasteiger partial charge in [0.05, 0.1) is 11.1 Å². The molecule has 4 nitrogen and oxygen atoms in total. The number of hydrogen-bond acceptors (Lipinski definition) is 2. The third kappa shape index (κ3) is 4.77. The monoisotopic (exact) mass is 427 g/mol. The number of carbonyl (C=O) groups is 2. The number of anilines is 1. The van der Waals surface area contributed by atoms with Gasteiger partial charge in [0.15, 0.2) is 0 Å². The fraction of sp³-hybridized carbons (Fsp3) is 0.167. The molecule has 0 saturated carbocycles. The average Bonchev–Trinajstić information content (AvgIpc) is 2.70. The second-order valence-electron chi connectivity index (χ2n) is 7.35. The van der Waals surface area contributed by atoms with E-state index in [1.807, 2.05) is 0 Å². The largest absolute Gasteiger partial charge is 0.478 e. The fourth-order valence-electron chi connectivity index (χ4n) is 3.39. The molecule has 31 heavy (non-hydrogen) atoms. The number of carboxylic acid groups (broad SMARTS) is 1. The first-order valence-electron chi connectivity index (χ1n) is 9.41. The summed E-state index contributed by atoms with van der Waals surface area (Å²) < 4.78 is 39.2. The molecule has 1 amide bonds. The van der Waals surface area contributed by atoms with Gasteiger partial charge in [0.2, 0.25) is 0 Å². The van der Waals surface area contributed by atoms with Crippen LogP contribution in [0, 0.1) is 20.8 Å². The molecule has 0 saturated heterocycles. The van der Waals surface area contributed by atoms with Gasteiger partial charge in [-0.25, -0.2) is 4.79 Å². The standard InChI is InChI=1S/C24H20F3NO3/c1-13-7-8-17(16-5-4-6-19(11-16)24(25,26)27)12-20(13)22(29)28-21-14(2)9-18(23(30)31)10-15(21)3/h4-12H,1-3H3,(H,28,29)(H,30,31). The normalized spacial score (nSPS) is 11.3. The molecular formula is C24H20F3NO3. The van der Waals surface area contributed by atoms with Crippen molar-refractivity contribution in [3.63, 3.8) is 0 Å². The Kier molecular flexibility index (Phi) is 5.88. The highest BCUT2D eigenvalue weighted by molar-refractivity contribution is 6.07. The first-order chi connectivity index (χ1) is 14.5. The van der Waals surface area contributed by atoms with Gasteiger partial charge in [-0.05, 0) is 78.9 Å². The number of carboxylic acids is 1. The lowest BCUT2D eigenvalue weighted by molar-refractivity contribution is -0.137. The summed E-state index contributed by atoms with van der Waals surface area (Å²) in [5.41, 5.74) is 2.85. The number of aromatic carboxylic acids is 1. The number of aryl methyl sites for hydroxylation is 3. The highest BCUT2D eigenvalue weighted by atomic mass is 19.4. The third-order valence-electron chi connectivity index (χ3n) is 5.02. The van der Waals surface area contributed by atoms with Crippen LogP contribution in [0.25, 0.3) is 11.1 Å². The van der Waals surface area contributed by atoms with E-state index in [4.69, 9.17) is 0 Å². The van der Waals surface area contributed by atoms with Gasteiger partial charge in [0.1, 0.15) is 0 Å². The van der Waals surface area contributed by atoms with E-state index in [0.717, 1.165) is 12.1 Å². The van der Waals surface area contributed by atoms with Crippen LogP contribution in [0.15, 0.2) is 54.6 Å². The van der Waals surface area contributed by atoms with E-state index in [1.54, 1.807) is 45.0 Å². The minimum atomic E-state index is -4.46. The van der Waals surface area contributed by atoms with Crippen molar-refractivity contribution in [2.75, 3.05) is 5.32 Å². The van der Waals surface area contributed by atoms with Crippen LogP contribution < -0.4 is 5.32 Å². The number of nitrogens with one attached hydrogen (secondary N) is 1. The zero-order valence-corrected chi connectivity index (χ0v) is 17.1. The number of alkyl halides is 3. The molecule has 160 valence electrons. The maximum absolute atomic E-state index is 13.1. The molecule has 7 heteroatoms. The van der Waals surface area contributed by atoms with Gasteiger partial charge in [0, 0.05) is 11.3 Å². The third-order valence-corrected chi connectivity index (χ3v) is 5.02. The summed E-state index contributed by atoms with van der Waals surface area (Å²) in [5, 5.41) is 12.0. The van der Waals surface area contributed by atoms with Crippen LogP contribution in [0.2, 0.25) is 0 Å². The van der Waals surface area contributed by atoms with Crippen molar-refractivity contribution in [3.8, 4) is 11.1 Å². The molecule has 3 aromatic carbocycles. The predicted molar refractivity (Wildman–Crippen MR) is 112 cm³/mol. The van der Waals surface area contributed by atoms with Crippen molar-refractivity contribution in [2.45, 2.75) is 26.9 Å². The first kappa shape index (κ1) is 22.1. The second kappa shape index (κ2) is 8.26. The van der Waals surface area contributed by atoms with Crippen LogP contribution in [-0.4, -0.2) is 17.0 Å². The molecule has 2 N–H and O–H groups in total. The minimum Gasteiger partial charge on any atom is -0.478 e. The van der Waals surface area contributed by atoms with E-state index in [2.05, 4.69) is 5.32 Å². The van der Waals surface area contributed by atoms with E-state index in [0.29, 0.717) is 39.1 Å². The maximum atomic E-state index is 13.1. The zero-order valence-electron chi connectivity index (χ0n) is 17.1. The Bertz CT molecular complexity index is 1160. The van der Waals surface area contributed by atoms with E-state index >= 15 is 0 Å². The number of halogens is 3. The molecule has 3 aromatic rings. The lowest BCUT2D eigenvalue weighted by Crippen LogP contribution is -2.16. The molecule has 0 radical (unpaired) electrons. The number of amides is 1. The first-order valence-corrected chi connectivity index (χ1v) is 9.41. The van der Waals surface area contributed by atoms with Crippen LogP contribution in [0.3, 0.4) is 0 Å². The molecule has 0 heterocycles. The number of carbonyl (C=O) groups excluding carboxylic acids is 1. The smallest absolute Gasteiger partial charge is 0.416 e. The van der Waals surface area contributed by atoms with Crippen LogP contribution >= 0.6 is 0 Å². The van der Waals surface area contributed by atoms with Crippen molar-refractivity contribution >= 4 is 17.6 Å². The summed E-state index contributed by atoms with van der Waals surface area (Å²) in [5.74, 6) is -1.49. The van der Waals surface area contributed by atoms with Gasteiger partial charge < -0.3 is 10.4 Å². The summed E-state index contributed by atoms with van der Waals surface area (Å²) in [7, 11) is 0. The molecule has 0 atom stereocenters. The molecule has 0 spiro atoms. The Morgan fingerprint density at radius 2 is 1.45 bits per heavy atom. The van der Waals surface area contributed by atoms with Crippen molar-refractivity contribution in [1.29, 1.82) is 0 Å². The second-order valence-corrected chi connectivity index (χ2v) is 7.35. The minimum absolute atomic E-state index is 0.121. The summed E-state index contributed by atoms with van der Waals surface area (Å²) in [6.45, 7) is 5.13. The highest BCUT2D eigenvalue weighted by Gasteiger charge is 2.30. The quantitative estimate of drug-likeness (QED) is 0.517. The SMILES string of the molecule is Cc1ccc(-c2cccc(C(F)(F)F)c2)cc1C(=O)Nc1c(C)cc(C(=O)O)cc1C. The van der Waals surface area contributed by atoms with Crippen LogP contribution in [0.5, 0.6) is 0 Å². The van der Waals surface area contributed by atoms with Gasteiger partial charge in [-0.15, -0.1) is 0 Å². The Morgan fingerprint density at radius 3 is 2.03 bits per heavy atom. The highest BCUT2D eigenvalue weighted by Crippen LogP contribution is 2.33. The van der Waals surface area contributed by atoms with Crippen molar-refractivity contribution in [2.24, 2.45) is 0 Å². The van der Waals surface area contributed by atoms with Crippen molar-refractivity contribution < 1.29 is 27.9 Å². The Hall–Kier alpha value is -3.61. The van der Waals surface area contributed by atoms with Gasteiger partial charge >= 0.3 is 12.1 Å². The molecule has 0 aromatic heterocycles. The molecule has 0 aliphatic heterocycles. The van der Waals surface area contributed by atoms with Crippen LogP contribution in [0.4, 0.5) is 18.9 Å². The molecule has 0 fully saturated rings. The Labute approximate surface area is 177 Å². The van der Waals surface area contributed by atoms with E-state index in [-0.39, 0.29) is 5.56 Å². The van der Waals surface area contributed by atoms with E-state index < -0.39 is 23.6 Å². The predicted octanol–water partition coefficient (Wildman–Crippen LogP) is 6.25. The zero-order chi connectivity index (χ0) is 22.9. The van der Waals surface area contributed by atoms with Crippen molar-refractivity contribution in [3.05, 3.63) is 88.0 Å². The average molecular weight is 427 g/mol. The molecule has 0 unspecified atom stereocenters. The number of hydrogen-bond donors (Lipinski definition) is 2. The van der Waals surface area contributed by atoms with Crippen LogP contribution in [0.1, 0.15) is 43.0 Å². The lowest BCUT2D eigenvalue weighted by atomic mass is 9.97. The molecule has 3 rings (SSSR count). The molecule has 0 bridgehead atoms. The van der Waals surface area contributed by atoms with Gasteiger partial charge in [-0.3, -0.25) is 4.79 Å².